The van der Waals surface area contributed by atoms with E-state index in [0.29, 0.717) is 18.6 Å². The molecular weight excluding hydrogens is 325 g/mol. The molecule has 0 aromatic carbocycles. The van der Waals surface area contributed by atoms with Crippen LogP contribution in [0.15, 0.2) is 18.3 Å². The standard InChI is InChI=1S/C17H20FN5O2/c18-12-7-8-14-19-17(21-23(14)10-12)20-15(24)13-6-3-9-22(13)16(25)11-4-1-2-5-11/h7-8,10-11,13H,1-6,9H2,(H,20,21,24). The average molecular weight is 345 g/mol. The van der Waals surface area contributed by atoms with E-state index in [1.807, 2.05) is 0 Å². The summed E-state index contributed by atoms with van der Waals surface area (Å²) in [5.41, 5.74) is 0.446. The first-order valence-corrected chi connectivity index (χ1v) is 8.75. The van der Waals surface area contributed by atoms with Gasteiger partial charge in [0.2, 0.25) is 17.8 Å². The number of amides is 2. The Hall–Kier alpha value is -2.51. The van der Waals surface area contributed by atoms with E-state index in [0.717, 1.165) is 32.1 Å². The largest absolute Gasteiger partial charge is 0.330 e. The van der Waals surface area contributed by atoms with Gasteiger partial charge >= 0.3 is 0 Å². The maximum absolute atomic E-state index is 13.2. The van der Waals surface area contributed by atoms with Crippen LogP contribution in [0, 0.1) is 11.7 Å². The predicted octanol–water partition coefficient (Wildman–Crippen LogP) is 1.99. The van der Waals surface area contributed by atoms with Gasteiger partial charge in [-0.05, 0) is 37.8 Å². The highest BCUT2D eigenvalue weighted by atomic mass is 19.1. The number of nitrogens with one attached hydrogen (secondary N) is 1. The summed E-state index contributed by atoms with van der Waals surface area (Å²) in [6, 6.07) is 2.30. The molecule has 1 aliphatic carbocycles. The summed E-state index contributed by atoms with van der Waals surface area (Å²) in [4.78, 5) is 31.2. The number of rotatable bonds is 3. The first-order valence-electron chi connectivity index (χ1n) is 8.75. The minimum Gasteiger partial charge on any atom is -0.330 e. The topological polar surface area (TPSA) is 79.6 Å². The molecule has 0 radical (unpaired) electrons. The molecule has 1 saturated carbocycles. The first-order chi connectivity index (χ1) is 12.1. The highest BCUT2D eigenvalue weighted by molar-refractivity contribution is 5.96. The molecule has 7 nitrogen and oxygen atoms in total. The van der Waals surface area contributed by atoms with Gasteiger partial charge in [0.15, 0.2) is 5.65 Å². The lowest BCUT2D eigenvalue weighted by atomic mass is 10.1. The smallest absolute Gasteiger partial charge is 0.249 e. The molecule has 2 amide bonds. The molecule has 2 aliphatic rings. The Bertz CT molecular complexity index is 814. The van der Waals surface area contributed by atoms with Crippen LogP contribution in [0.4, 0.5) is 10.3 Å². The number of hydrogen-bond donors (Lipinski definition) is 1. The third-order valence-corrected chi connectivity index (χ3v) is 5.07. The highest BCUT2D eigenvalue weighted by Gasteiger charge is 2.38. The molecule has 4 rings (SSSR count). The van der Waals surface area contributed by atoms with E-state index in [9.17, 15) is 14.0 Å². The second-order valence-electron chi connectivity index (χ2n) is 6.75. The number of anilines is 1. The molecule has 1 N–H and O–H groups in total. The summed E-state index contributed by atoms with van der Waals surface area (Å²) in [6.45, 7) is 0.622. The predicted molar refractivity (Wildman–Crippen MR) is 88.3 cm³/mol. The number of aromatic nitrogens is 3. The molecule has 2 aromatic heterocycles. The van der Waals surface area contributed by atoms with Gasteiger partial charge < -0.3 is 4.90 Å². The van der Waals surface area contributed by atoms with Crippen LogP contribution >= 0.6 is 0 Å². The Morgan fingerprint density at radius 1 is 1.16 bits per heavy atom. The Kier molecular flexibility index (Phi) is 4.10. The van der Waals surface area contributed by atoms with Gasteiger partial charge in [0.1, 0.15) is 11.9 Å². The molecule has 3 heterocycles. The van der Waals surface area contributed by atoms with Crippen molar-refractivity contribution in [2.75, 3.05) is 11.9 Å². The Labute approximate surface area is 144 Å². The molecule has 1 aliphatic heterocycles. The fourth-order valence-electron chi connectivity index (χ4n) is 3.81. The lowest BCUT2D eigenvalue weighted by Crippen LogP contribution is -2.45. The molecule has 1 atom stereocenters. The molecule has 25 heavy (non-hydrogen) atoms. The molecule has 2 aromatic rings. The van der Waals surface area contributed by atoms with Crippen molar-refractivity contribution in [3.8, 4) is 0 Å². The maximum atomic E-state index is 13.2. The zero-order valence-electron chi connectivity index (χ0n) is 13.8. The summed E-state index contributed by atoms with van der Waals surface area (Å²) >= 11 is 0. The van der Waals surface area contributed by atoms with Crippen LogP contribution in [-0.4, -0.2) is 43.9 Å². The lowest BCUT2D eigenvalue weighted by Gasteiger charge is -2.26. The van der Waals surface area contributed by atoms with Crippen LogP contribution in [0.25, 0.3) is 5.65 Å². The van der Waals surface area contributed by atoms with Gasteiger partial charge in [-0.1, -0.05) is 12.8 Å². The van der Waals surface area contributed by atoms with Crippen molar-refractivity contribution in [1.29, 1.82) is 0 Å². The Balaban J connectivity index is 1.47. The monoisotopic (exact) mass is 345 g/mol. The van der Waals surface area contributed by atoms with Crippen molar-refractivity contribution in [3.05, 3.63) is 24.1 Å². The van der Waals surface area contributed by atoms with E-state index in [1.165, 1.54) is 22.8 Å². The van der Waals surface area contributed by atoms with Crippen LogP contribution in [0.1, 0.15) is 38.5 Å². The van der Waals surface area contributed by atoms with Crippen molar-refractivity contribution in [1.82, 2.24) is 19.5 Å². The van der Waals surface area contributed by atoms with Crippen molar-refractivity contribution in [2.24, 2.45) is 5.92 Å². The first kappa shape index (κ1) is 16.0. The van der Waals surface area contributed by atoms with Crippen LogP contribution < -0.4 is 5.32 Å². The molecule has 2 fully saturated rings. The number of carbonyl (C=O) groups is 2. The average Bonchev–Trinajstić information content (AvgIpc) is 3.33. The number of pyridine rings is 1. The van der Waals surface area contributed by atoms with E-state index < -0.39 is 11.9 Å². The zero-order valence-corrected chi connectivity index (χ0v) is 13.8. The quantitative estimate of drug-likeness (QED) is 0.923. The molecule has 132 valence electrons. The number of halogens is 1. The second kappa shape index (κ2) is 6.42. The second-order valence-corrected chi connectivity index (χ2v) is 6.75. The summed E-state index contributed by atoms with van der Waals surface area (Å²) in [5, 5.41) is 6.73. The van der Waals surface area contributed by atoms with Gasteiger partial charge in [-0.25, -0.2) is 8.91 Å². The molecule has 8 heteroatoms. The minimum atomic E-state index is -0.476. The van der Waals surface area contributed by atoms with Crippen molar-refractivity contribution >= 4 is 23.4 Å². The van der Waals surface area contributed by atoms with Gasteiger partial charge in [-0.15, -0.1) is 5.10 Å². The van der Waals surface area contributed by atoms with Crippen molar-refractivity contribution < 1.29 is 14.0 Å². The molecule has 0 spiro atoms. The van der Waals surface area contributed by atoms with Crippen LogP contribution in [0.5, 0.6) is 0 Å². The fourth-order valence-corrected chi connectivity index (χ4v) is 3.81. The van der Waals surface area contributed by atoms with Crippen molar-refractivity contribution in [2.45, 2.75) is 44.6 Å². The number of nitrogens with zero attached hydrogens (tertiary/aromatic N) is 4. The van der Waals surface area contributed by atoms with Gasteiger partial charge in [0, 0.05) is 12.5 Å². The zero-order chi connectivity index (χ0) is 17.4. The lowest BCUT2D eigenvalue weighted by molar-refractivity contribution is -0.140. The Morgan fingerprint density at radius 2 is 1.96 bits per heavy atom. The number of likely N-dealkylation sites (tertiary alicyclic amines) is 1. The van der Waals surface area contributed by atoms with Crippen LogP contribution in [0.3, 0.4) is 0 Å². The minimum absolute atomic E-state index is 0.0599. The normalized spacial score (nSPS) is 21.2. The number of carbonyl (C=O) groups excluding carboxylic acids is 2. The van der Waals surface area contributed by atoms with Crippen LogP contribution in [-0.2, 0) is 9.59 Å². The van der Waals surface area contributed by atoms with Gasteiger partial charge in [-0.2, -0.15) is 4.98 Å². The van der Waals surface area contributed by atoms with Crippen molar-refractivity contribution in [3.63, 3.8) is 0 Å². The molecule has 1 saturated heterocycles. The van der Waals surface area contributed by atoms with E-state index in [4.69, 9.17) is 0 Å². The summed E-state index contributed by atoms with van der Waals surface area (Å²) in [7, 11) is 0. The molecule has 1 unspecified atom stereocenters. The van der Waals surface area contributed by atoms with Crippen LogP contribution in [0.2, 0.25) is 0 Å². The van der Waals surface area contributed by atoms with Gasteiger partial charge in [-0.3, -0.25) is 14.9 Å². The Morgan fingerprint density at radius 3 is 2.76 bits per heavy atom. The van der Waals surface area contributed by atoms with Gasteiger partial charge in [0.05, 0.1) is 6.20 Å². The molecular formula is C17H20FN5O2. The fraction of sp³-hybridized carbons (Fsp3) is 0.529. The van der Waals surface area contributed by atoms with E-state index in [-0.39, 0.29) is 23.7 Å². The van der Waals surface area contributed by atoms with Gasteiger partial charge in [0.25, 0.3) is 0 Å². The molecule has 0 bridgehead atoms. The van der Waals surface area contributed by atoms with E-state index >= 15 is 0 Å². The summed E-state index contributed by atoms with van der Waals surface area (Å²) in [5.74, 6) is -0.430. The third-order valence-electron chi connectivity index (χ3n) is 5.07. The highest BCUT2D eigenvalue weighted by Crippen LogP contribution is 2.30. The number of hydrogen-bond acceptors (Lipinski definition) is 4. The summed E-state index contributed by atoms with van der Waals surface area (Å²) < 4.78 is 14.5. The van der Waals surface area contributed by atoms with E-state index in [1.54, 1.807) is 4.90 Å². The maximum Gasteiger partial charge on any atom is 0.249 e. The summed E-state index contributed by atoms with van der Waals surface area (Å²) in [6.07, 6.45) is 6.67. The van der Waals surface area contributed by atoms with E-state index in [2.05, 4.69) is 15.4 Å². The number of fused-ring (bicyclic) bond motifs is 1. The SMILES string of the molecule is O=C(Nc1nc2ccc(F)cn2n1)C1CCCN1C(=O)C1CCCC1. The third kappa shape index (κ3) is 3.08.